The Bertz CT molecular complexity index is 429. The molecule has 0 fully saturated rings. The molecule has 0 aliphatic carbocycles. The number of carbonyl (C=O) groups is 2. The minimum absolute atomic E-state index is 0.0941. The molecule has 0 aliphatic rings. The van der Waals surface area contributed by atoms with Crippen molar-refractivity contribution in [1.29, 1.82) is 0 Å². The lowest BCUT2D eigenvalue weighted by Crippen LogP contribution is -2.43. The Balaban J connectivity index is 4.87. The number of hydrogen-bond acceptors (Lipinski definition) is 4. The van der Waals surface area contributed by atoms with Crippen molar-refractivity contribution in [3.05, 3.63) is 0 Å². The highest BCUT2D eigenvalue weighted by Gasteiger charge is 2.33. The van der Waals surface area contributed by atoms with Gasteiger partial charge in [0.1, 0.15) is 20.7 Å². The Kier molecular flexibility index (Phi) is 7.68. The van der Waals surface area contributed by atoms with E-state index in [9.17, 15) is 9.59 Å². The summed E-state index contributed by atoms with van der Waals surface area (Å²) in [5.74, 6) is 2.19. The van der Waals surface area contributed by atoms with Crippen LogP contribution < -0.4 is 5.32 Å². The molecular formula is C15H27NO4Si. The van der Waals surface area contributed by atoms with E-state index in [0.29, 0.717) is 0 Å². The fourth-order valence-electron chi connectivity index (χ4n) is 1.26. The van der Waals surface area contributed by atoms with E-state index in [1.54, 1.807) is 0 Å². The molecule has 5 nitrogen and oxygen atoms in total. The smallest absolute Gasteiger partial charge is 0.329 e. The van der Waals surface area contributed by atoms with Gasteiger partial charge in [0.2, 0.25) is 5.91 Å². The number of carbonyl (C=O) groups excluding carboxylic acids is 2. The molecule has 0 saturated carbocycles. The molecule has 0 aromatic heterocycles. The molecule has 0 bridgehead atoms. The van der Waals surface area contributed by atoms with Gasteiger partial charge in [-0.3, -0.25) is 4.79 Å². The van der Waals surface area contributed by atoms with Gasteiger partial charge in [-0.15, -0.1) is 11.5 Å². The zero-order chi connectivity index (χ0) is 16.7. The summed E-state index contributed by atoms with van der Waals surface area (Å²) in [5.41, 5.74) is 3.31. The number of rotatable bonds is 5. The largest absolute Gasteiger partial charge is 0.467 e. The monoisotopic (exact) mass is 313 g/mol. The SMILES string of the molecule is COCC(=O)N[C@H](CC#C[Si](C)(C)C(C)(C)C)C(=O)OC. The Morgan fingerprint density at radius 3 is 2.24 bits per heavy atom. The first-order chi connectivity index (χ1) is 9.55. The number of hydrogen-bond donors (Lipinski definition) is 1. The van der Waals surface area contributed by atoms with E-state index in [0.717, 1.165) is 0 Å². The molecule has 0 rings (SSSR count). The second kappa shape index (κ2) is 8.20. The lowest BCUT2D eigenvalue weighted by atomic mass is 10.2. The summed E-state index contributed by atoms with van der Waals surface area (Å²) in [7, 11) is 0.989. The zero-order valence-corrected chi connectivity index (χ0v) is 15.1. The minimum atomic E-state index is -1.72. The average Bonchev–Trinajstić information content (AvgIpc) is 2.35. The van der Waals surface area contributed by atoms with Crippen molar-refractivity contribution in [3.63, 3.8) is 0 Å². The van der Waals surface area contributed by atoms with Gasteiger partial charge in [0.05, 0.1) is 7.11 Å². The molecule has 6 heteroatoms. The molecular weight excluding hydrogens is 286 g/mol. The highest BCUT2D eigenvalue weighted by atomic mass is 28.3. The van der Waals surface area contributed by atoms with Gasteiger partial charge < -0.3 is 14.8 Å². The van der Waals surface area contributed by atoms with E-state index in [2.05, 4.69) is 50.6 Å². The van der Waals surface area contributed by atoms with Crippen LogP contribution in [0.2, 0.25) is 18.1 Å². The van der Waals surface area contributed by atoms with Crippen LogP contribution in [0.5, 0.6) is 0 Å². The van der Waals surface area contributed by atoms with E-state index >= 15 is 0 Å². The normalized spacial score (nSPS) is 12.9. The lowest BCUT2D eigenvalue weighted by Gasteiger charge is -2.31. The quantitative estimate of drug-likeness (QED) is 0.477. The minimum Gasteiger partial charge on any atom is -0.467 e. The topological polar surface area (TPSA) is 64.6 Å². The van der Waals surface area contributed by atoms with E-state index in [4.69, 9.17) is 9.47 Å². The predicted octanol–water partition coefficient (Wildman–Crippen LogP) is 1.73. The summed E-state index contributed by atoms with van der Waals surface area (Å²) in [4.78, 5) is 23.2. The fraction of sp³-hybridized carbons (Fsp3) is 0.733. The summed E-state index contributed by atoms with van der Waals surface area (Å²) < 4.78 is 9.42. The van der Waals surface area contributed by atoms with Crippen molar-refractivity contribution in [2.45, 2.75) is 51.4 Å². The Hall–Kier alpha value is -1.32. The molecule has 0 aliphatic heterocycles. The molecule has 0 saturated heterocycles. The van der Waals surface area contributed by atoms with Gasteiger partial charge in [-0.1, -0.05) is 33.9 Å². The van der Waals surface area contributed by atoms with Gasteiger partial charge in [-0.2, -0.15) is 0 Å². The molecule has 1 atom stereocenters. The van der Waals surface area contributed by atoms with Crippen molar-refractivity contribution in [1.82, 2.24) is 5.32 Å². The van der Waals surface area contributed by atoms with Crippen molar-refractivity contribution in [2.24, 2.45) is 0 Å². The maximum atomic E-state index is 11.7. The van der Waals surface area contributed by atoms with Gasteiger partial charge in [-0.05, 0) is 5.04 Å². The van der Waals surface area contributed by atoms with Gasteiger partial charge >= 0.3 is 5.97 Å². The summed E-state index contributed by atoms with van der Waals surface area (Å²) in [6.07, 6.45) is 0.245. The van der Waals surface area contributed by atoms with Gasteiger partial charge in [0.15, 0.2) is 0 Å². The summed E-state index contributed by atoms with van der Waals surface area (Å²) in [6, 6.07) is -0.755. The molecule has 0 aromatic rings. The van der Waals surface area contributed by atoms with Crippen LogP contribution in [0.4, 0.5) is 0 Å². The lowest BCUT2D eigenvalue weighted by molar-refractivity contribution is -0.145. The molecule has 0 aromatic carbocycles. The number of ether oxygens (including phenoxy) is 2. The number of methoxy groups -OCH3 is 2. The van der Waals surface area contributed by atoms with E-state index < -0.39 is 20.1 Å². The first-order valence-corrected chi connectivity index (χ1v) is 9.91. The van der Waals surface area contributed by atoms with Crippen molar-refractivity contribution < 1.29 is 19.1 Å². The average molecular weight is 313 g/mol. The van der Waals surface area contributed by atoms with E-state index in [-0.39, 0.29) is 24.0 Å². The number of esters is 1. The molecule has 0 heterocycles. The summed E-state index contributed by atoms with van der Waals surface area (Å²) in [5, 5.41) is 2.72. The van der Waals surface area contributed by atoms with Crippen molar-refractivity contribution in [3.8, 4) is 11.5 Å². The van der Waals surface area contributed by atoms with Crippen LogP contribution in [0.3, 0.4) is 0 Å². The third-order valence-corrected chi connectivity index (χ3v) is 8.23. The Morgan fingerprint density at radius 2 is 1.81 bits per heavy atom. The third-order valence-electron chi connectivity index (χ3n) is 3.68. The highest BCUT2D eigenvalue weighted by molar-refractivity contribution is 6.87. The highest BCUT2D eigenvalue weighted by Crippen LogP contribution is 2.35. The predicted molar refractivity (Wildman–Crippen MR) is 85.4 cm³/mol. The fourth-order valence-corrected chi connectivity index (χ4v) is 2.18. The van der Waals surface area contributed by atoms with Gasteiger partial charge in [0, 0.05) is 13.5 Å². The molecule has 120 valence electrons. The van der Waals surface area contributed by atoms with Crippen LogP contribution >= 0.6 is 0 Å². The van der Waals surface area contributed by atoms with Crippen LogP contribution in [0.25, 0.3) is 0 Å². The number of amides is 1. The van der Waals surface area contributed by atoms with E-state index in [1.807, 2.05) is 0 Å². The molecule has 0 radical (unpaired) electrons. The first kappa shape index (κ1) is 19.7. The number of nitrogens with one attached hydrogen (secondary N) is 1. The maximum absolute atomic E-state index is 11.7. The summed E-state index contributed by atoms with van der Waals surface area (Å²) >= 11 is 0. The molecule has 21 heavy (non-hydrogen) atoms. The molecule has 0 unspecified atom stereocenters. The second-order valence-electron chi connectivity index (χ2n) is 6.46. The molecule has 1 N–H and O–H groups in total. The van der Waals surface area contributed by atoms with Crippen molar-refractivity contribution in [2.75, 3.05) is 20.8 Å². The zero-order valence-electron chi connectivity index (χ0n) is 14.1. The van der Waals surface area contributed by atoms with Crippen LogP contribution in [-0.2, 0) is 19.1 Å². The standard InChI is InChI=1S/C15H27NO4Si/c1-15(2,3)21(6,7)10-8-9-12(14(18)20-5)16-13(17)11-19-4/h12H,9,11H2,1-7H3,(H,16,17)/t12-/m1/s1. The van der Waals surface area contributed by atoms with Crippen LogP contribution in [-0.4, -0.2) is 46.8 Å². The second-order valence-corrected chi connectivity index (χ2v) is 11.5. The Labute approximate surface area is 128 Å². The van der Waals surface area contributed by atoms with Crippen molar-refractivity contribution >= 4 is 20.0 Å². The maximum Gasteiger partial charge on any atom is 0.329 e. The molecule has 0 spiro atoms. The molecule has 1 amide bonds. The van der Waals surface area contributed by atoms with E-state index in [1.165, 1.54) is 14.2 Å². The Morgan fingerprint density at radius 1 is 1.24 bits per heavy atom. The van der Waals surface area contributed by atoms with Crippen LogP contribution in [0.1, 0.15) is 27.2 Å². The van der Waals surface area contributed by atoms with Crippen LogP contribution in [0.15, 0.2) is 0 Å². The summed E-state index contributed by atoms with van der Waals surface area (Å²) in [6.45, 7) is 10.8. The first-order valence-electron chi connectivity index (χ1n) is 6.91. The third kappa shape index (κ3) is 6.78. The van der Waals surface area contributed by atoms with Gasteiger partial charge in [-0.25, -0.2) is 4.79 Å². The van der Waals surface area contributed by atoms with Crippen LogP contribution in [0, 0.1) is 11.5 Å². The van der Waals surface area contributed by atoms with Gasteiger partial charge in [0.25, 0.3) is 0 Å².